The van der Waals surface area contributed by atoms with Crippen molar-refractivity contribution in [2.45, 2.75) is 45.0 Å². The number of rotatable bonds is 12. The zero-order valence-electron chi connectivity index (χ0n) is 25.0. The van der Waals surface area contributed by atoms with Gasteiger partial charge in [-0.25, -0.2) is 9.82 Å². The van der Waals surface area contributed by atoms with E-state index in [1.54, 1.807) is 73.7 Å². The molecule has 2 N–H and O–H groups in total. The highest BCUT2D eigenvalue weighted by Crippen LogP contribution is 2.44. The molecule has 0 aliphatic carbocycles. The first-order chi connectivity index (χ1) is 22.8. The minimum Gasteiger partial charge on any atom is -0.321 e. The van der Waals surface area contributed by atoms with Gasteiger partial charge < -0.3 is 4.57 Å². The number of hydrogen-bond donors (Lipinski definition) is 2. The van der Waals surface area contributed by atoms with Gasteiger partial charge in [0.15, 0.2) is 6.29 Å². The van der Waals surface area contributed by atoms with E-state index in [0.717, 1.165) is 9.36 Å². The molecule has 0 bridgehead atoms. The molecule has 0 spiro atoms. The number of aromatic nitrogens is 6. The third-order valence-electron chi connectivity index (χ3n) is 7.28. The van der Waals surface area contributed by atoms with Gasteiger partial charge in [0.25, 0.3) is 5.91 Å². The SMILES string of the molecule is CCCc1nc(C(F)(F)C(F)(F)F)c(C=O)n1Cc1ccc(-c2ccccc2-c2nnn(C(=O)c3ccccc3CON(O)O)n2)cc1. The molecular formula is C31H26F5N7O5. The molecule has 17 heteroatoms. The molecule has 0 fully saturated rings. The fraction of sp³-hybridized carbons (Fsp3) is 0.226. The molecule has 0 amide bonds. The molecule has 48 heavy (non-hydrogen) atoms. The predicted molar refractivity (Wildman–Crippen MR) is 156 cm³/mol. The van der Waals surface area contributed by atoms with Crippen LogP contribution >= 0.6 is 0 Å². The van der Waals surface area contributed by atoms with Crippen molar-refractivity contribution < 1.29 is 46.8 Å². The number of hydrogen-bond acceptors (Lipinski definition) is 10. The fourth-order valence-corrected chi connectivity index (χ4v) is 4.99. The Morgan fingerprint density at radius 2 is 1.62 bits per heavy atom. The number of benzene rings is 3. The van der Waals surface area contributed by atoms with Crippen LogP contribution in [0.2, 0.25) is 0 Å². The van der Waals surface area contributed by atoms with Gasteiger partial charge in [0.2, 0.25) is 5.82 Å². The van der Waals surface area contributed by atoms with E-state index in [4.69, 9.17) is 10.4 Å². The third kappa shape index (κ3) is 6.89. The Hall–Kier alpha value is -5.23. The van der Waals surface area contributed by atoms with Gasteiger partial charge in [-0.15, -0.1) is 10.2 Å². The molecule has 0 unspecified atom stereocenters. The summed E-state index contributed by atoms with van der Waals surface area (Å²) >= 11 is 0. The van der Waals surface area contributed by atoms with Crippen LogP contribution in [0.3, 0.4) is 0 Å². The van der Waals surface area contributed by atoms with Crippen molar-refractivity contribution in [3.63, 3.8) is 0 Å². The van der Waals surface area contributed by atoms with Crippen molar-refractivity contribution in [2.75, 3.05) is 0 Å². The second kappa shape index (κ2) is 13.9. The fourth-order valence-electron chi connectivity index (χ4n) is 4.99. The molecule has 2 aromatic heterocycles. The molecule has 3 aromatic carbocycles. The average Bonchev–Trinajstić information content (AvgIpc) is 3.69. The summed E-state index contributed by atoms with van der Waals surface area (Å²) in [6, 6.07) is 19.8. The summed E-state index contributed by atoms with van der Waals surface area (Å²) in [5.74, 6) is -5.95. The van der Waals surface area contributed by atoms with Crippen LogP contribution in [0.5, 0.6) is 0 Å². The van der Waals surface area contributed by atoms with E-state index in [0.29, 0.717) is 34.2 Å². The molecule has 12 nitrogen and oxygen atoms in total. The Morgan fingerprint density at radius 3 is 2.27 bits per heavy atom. The number of alkyl halides is 5. The van der Waals surface area contributed by atoms with Crippen molar-refractivity contribution in [1.82, 2.24) is 35.1 Å². The molecular weight excluding hydrogens is 645 g/mol. The summed E-state index contributed by atoms with van der Waals surface area (Å²) in [4.78, 5) is 34.0. The van der Waals surface area contributed by atoms with Crippen molar-refractivity contribution in [3.05, 3.63) is 107 Å². The van der Waals surface area contributed by atoms with E-state index < -0.39 is 34.8 Å². The van der Waals surface area contributed by atoms with Crippen LogP contribution in [0.1, 0.15) is 56.8 Å². The Labute approximate surface area is 268 Å². The molecule has 0 saturated carbocycles. The molecule has 0 saturated heterocycles. The highest BCUT2D eigenvalue weighted by molar-refractivity contribution is 5.96. The van der Waals surface area contributed by atoms with Crippen molar-refractivity contribution in [1.29, 1.82) is 0 Å². The van der Waals surface area contributed by atoms with Crippen molar-refractivity contribution >= 4 is 12.2 Å². The lowest BCUT2D eigenvalue weighted by Crippen LogP contribution is -2.35. The molecule has 5 aromatic rings. The van der Waals surface area contributed by atoms with Gasteiger partial charge in [-0.1, -0.05) is 78.5 Å². The summed E-state index contributed by atoms with van der Waals surface area (Å²) in [7, 11) is 0. The molecule has 0 radical (unpaired) electrons. The molecule has 250 valence electrons. The van der Waals surface area contributed by atoms with Gasteiger partial charge in [0.1, 0.15) is 17.2 Å². The molecule has 0 aliphatic rings. The molecule has 0 aliphatic heterocycles. The second-order valence-electron chi connectivity index (χ2n) is 10.4. The Bertz CT molecular complexity index is 1920. The highest BCUT2D eigenvalue weighted by atomic mass is 19.4. The minimum atomic E-state index is -5.93. The van der Waals surface area contributed by atoms with Crippen molar-refractivity contribution in [3.8, 4) is 22.5 Å². The standard InChI is InChI=1S/C31H26F5N7O5/c1-2-7-26-37-27(30(32,33)31(34,35)36)25(17-44)41(26)16-19-12-14-20(15-13-19)22-9-5-6-11-24(22)28-38-40-42(39-28)29(45)23-10-4-3-8-21(23)18-48-43(46)47/h3-6,8-15,17,46-47H,2,7,16,18H2,1H3. The first-order valence-electron chi connectivity index (χ1n) is 14.3. The number of aryl methyl sites for hydroxylation is 1. The summed E-state index contributed by atoms with van der Waals surface area (Å²) in [6.45, 7) is 1.17. The summed E-state index contributed by atoms with van der Waals surface area (Å²) in [6.07, 6.45) is -5.52. The summed E-state index contributed by atoms with van der Waals surface area (Å²) in [5, 5.41) is 29.4. The number of halogens is 5. The van der Waals surface area contributed by atoms with Crippen LogP contribution in [-0.2, 0) is 30.3 Å². The largest absolute Gasteiger partial charge is 0.459 e. The lowest BCUT2D eigenvalue weighted by molar-refractivity contribution is -0.497. The second-order valence-corrected chi connectivity index (χ2v) is 10.4. The topological polar surface area (TPSA) is 148 Å². The zero-order chi connectivity index (χ0) is 34.6. The first kappa shape index (κ1) is 34.1. The highest BCUT2D eigenvalue weighted by Gasteiger charge is 2.61. The average molecular weight is 672 g/mol. The van der Waals surface area contributed by atoms with E-state index in [1.807, 2.05) is 0 Å². The first-order valence-corrected chi connectivity index (χ1v) is 14.3. The maximum Gasteiger partial charge on any atom is 0.459 e. The zero-order valence-corrected chi connectivity index (χ0v) is 25.0. The van der Waals surface area contributed by atoms with Gasteiger partial charge in [-0.2, -0.15) is 22.0 Å². The van der Waals surface area contributed by atoms with Gasteiger partial charge in [-0.3, -0.25) is 20.0 Å². The van der Waals surface area contributed by atoms with Crippen LogP contribution in [0.4, 0.5) is 22.0 Å². The Balaban J connectivity index is 1.42. The lowest BCUT2D eigenvalue weighted by Gasteiger charge is -2.18. The number of carbonyl (C=O) groups is 2. The summed E-state index contributed by atoms with van der Waals surface area (Å²) < 4.78 is 69.2. The van der Waals surface area contributed by atoms with E-state index in [-0.39, 0.29) is 43.1 Å². The van der Waals surface area contributed by atoms with Gasteiger partial charge >= 0.3 is 12.1 Å². The van der Waals surface area contributed by atoms with Crippen LogP contribution in [-0.4, -0.2) is 63.9 Å². The van der Waals surface area contributed by atoms with Crippen molar-refractivity contribution in [2.24, 2.45) is 0 Å². The van der Waals surface area contributed by atoms with Crippen LogP contribution in [0.15, 0.2) is 72.8 Å². The minimum absolute atomic E-state index is 0.0410. The number of imidazole rings is 1. The number of nitrogens with zero attached hydrogens (tertiary/aromatic N) is 7. The predicted octanol–water partition coefficient (Wildman–Crippen LogP) is 5.87. The van der Waals surface area contributed by atoms with E-state index in [2.05, 4.69) is 25.2 Å². The Kier molecular flexibility index (Phi) is 9.85. The van der Waals surface area contributed by atoms with Crippen LogP contribution < -0.4 is 0 Å². The van der Waals surface area contributed by atoms with Gasteiger partial charge in [0, 0.05) is 24.1 Å². The number of aldehydes is 1. The maximum atomic E-state index is 14.3. The third-order valence-corrected chi connectivity index (χ3v) is 7.28. The summed E-state index contributed by atoms with van der Waals surface area (Å²) in [5.41, 5.74) is 0.243. The van der Waals surface area contributed by atoms with Gasteiger partial charge in [0.05, 0.1) is 12.0 Å². The van der Waals surface area contributed by atoms with E-state index >= 15 is 0 Å². The van der Waals surface area contributed by atoms with Crippen LogP contribution in [0.25, 0.3) is 22.5 Å². The van der Waals surface area contributed by atoms with Gasteiger partial charge in [-0.05, 0) is 40.0 Å². The van der Waals surface area contributed by atoms with E-state index in [1.165, 1.54) is 6.07 Å². The van der Waals surface area contributed by atoms with E-state index in [9.17, 15) is 31.5 Å². The number of tetrazole rings is 1. The quantitative estimate of drug-likeness (QED) is 0.0937. The monoisotopic (exact) mass is 671 g/mol. The molecule has 0 atom stereocenters. The Morgan fingerprint density at radius 1 is 0.958 bits per heavy atom. The number of carbonyl (C=O) groups excluding carboxylic acids is 2. The van der Waals surface area contributed by atoms with Crippen LogP contribution in [0, 0.1) is 0 Å². The lowest BCUT2D eigenvalue weighted by atomic mass is 9.98. The normalized spacial score (nSPS) is 12.1. The smallest absolute Gasteiger partial charge is 0.321 e. The molecule has 2 heterocycles. The maximum absolute atomic E-state index is 14.3. The molecule has 5 rings (SSSR count).